The summed E-state index contributed by atoms with van der Waals surface area (Å²) in [7, 11) is -1.11. The number of anilines is 1. The van der Waals surface area contributed by atoms with Gasteiger partial charge < -0.3 is 14.8 Å². The molecule has 0 saturated carbocycles. The maximum atomic E-state index is 13.1. The first-order valence-electron chi connectivity index (χ1n) is 8.76. The summed E-state index contributed by atoms with van der Waals surface area (Å²) in [6, 6.07) is 9.70. The van der Waals surface area contributed by atoms with Crippen molar-refractivity contribution in [1.82, 2.24) is 9.97 Å². The topological polar surface area (TPSA) is 107 Å². The van der Waals surface area contributed by atoms with Crippen molar-refractivity contribution in [1.29, 1.82) is 0 Å². The normalized spacial score (nSPS) is 11.1. The highest BCUT2D eigenvalue weighted by Gasteiger charge is 2.23. The van der Waals surface area contributed by atoms with Gasteiger partial charge in [-0.3, -0.25) is 4.79 Å². The van der Waals surface area contributed by atoms with E-state index in [0.717, 1.165) is 18.3 Å². The first-order valence-corrected chi connectivity index (χ1v) is 10.8. The number of nitrogens with one attached hydrogen (secondary N) is 1. The van der Waals surface area contributed by atoms with Gasteiger partial charge in [0.15, 0.2) is 5.69 Å². The van der Waals surface area contributed by atoms with Gasteiger partial charge in [0.2, 0.25) is 15.0 Å². The van der Waals surface area contributed by atoms with Crippen molar-refractivity contribution in [3.05, 3.63) is 70.8 Å². The van der Waals surface area contributed by atoms with Crippen LogP contribution in [0.15, 0.2) is 53.8 Å². The maximum absolute atomic E-state index is 13.1. The quantitative estimate of drug-likeness (QED) is 0.532. The number of hydrogen-bond acceptors (Lipinski definition) is 7. The second kappa shape index (κ2) is 9.27. The van der Waals surface area contributed by atoms with Crippen LogP contribution >= 0.6 is 11.6 Å². The van der Waals surface area contributed by atoms with E-state index >= 15 is 0 Å². The summed E-state index contributed by atoms with van der Waals surface area (Å²) in [5.74, 6) is -0.875. The van der Waals surface area contributed by atoms with Crippen LogP contribution in [0.2, 0.25) is 5.02 Å². The Balaban J connectivity index is 1.88. The zero-order valence-electron chi connectivity index (χ0n) is 16.4. The van der Waals surface area contributed by atoms with Crippen molar-refractivity contribution in [3.63, 3.8) is 0 Å². The van der Waals surface area contributed by atoms with Crippen molar-refractivity contribution >= 4 is 33.0 Å². The number of carbonyl (C=O) groups is 1. The van der Waals surface area contributed by atoms with E-state index in [2.05, 4.69) is 15.3 Å². The lowest BCUT2D eigenvalue weighted by atomic mass is 10.2. The predicted octanol–water partition coefficient (Wildman–Crippen LogP) is 3.51. The third-order valence-electron chi connectivity index (χ3n) is 4.14. The Hall–Kier alpha value is -3.24. The number of carbonyl (C=O) groups excluding carboxylic acids is 1. The van der Waals surface area contributed by atoms with Crippen molar-refractivity contribution < 1.29 is 27.1 Å². The summed E-state index contributed by atoms with van der Waals surface area (Å²) in [6.45, 7) is 0. The first kappa shape index (κ1) is 22.4. The Morgan fingerprint density at radius 1 is 1.13 bits per heavy atom. The lowest BCUT2D eigenvalue weighted by Crippen LogP contribution is -2.18. The highest BCUT2D eigenvalue weighted by atomic mass is 35.5. The number of nitrogens with zero attached hydrogens (tertiary/aromatic N) is 2. The van der Waals surface area contributed by atoms with Crippen molar-refractivity contribution in [2.24, 2.45) is 0 Å². The fraction of sp³-hybridized carbons (Fsp3) is 0.150. The molecule has 11 heteroatoms. The molecule has 31 heavy (non-hydrogen) atoms. The van der Waals surface area contributed by atoms with Gasteiger partial charge in [-0.15, -0.1) is 0 Å². The Morgan fingerprint density at radius 3 is 2.48 bits per heavy atom. The number of hydrogen-bond donors (Lipinski definition) is 1. The van der Waals surface area contributed by atoms with Gasteiger partial charge in [-0.05, 0) is 29.8 Å². The molecule has 0 saturated heterocycles. The number of halogens is 2. The lowest BCUT2D eigenvalue weighted by molar-refractivity contribution is 0.102. The van der Waals surface area contributed by atoms with Crippen molar-refractivity contribution in [2.75, 3.05) is 19.5 Å². The van der Waals surface area contributed by atoms with Gasteiger partial charge in [-0.25, -0.2) is 22.8 Å². The molecule has 0 unspecified atom stereocenters. The minimum absolute atomic E-state index is 0.134. The number of sulfone groups is 1. The van der Waals surface area contributed by atoms with Crippen LogP contribution in [0.5, 0.6) is 11.5 Å². The molecule has 1 heterocycles. The molecule has 162 valence electrons. The standard InChI is InChI=1S/C20H17ClFN3O5S/c1-29-14-7-8-16(17(9-14)30-2)24-19(26)18-15(21)10-23-20(25-18)31(27,28)11-12-3-5-13(22)6-4-12/h3-10H,11H2,1-2H3,(H,24,26). The molecular weight excluding hydrogens is 449 g/mol. The Morgan fingerprint density at radius 2 is 1.84 bits per heavy atom. The van der Waals surface area contributed by atoms with E-state index in [1.165, 1.54) is 26.4 Å². The summed E-state index contributed by atoms with van der Waals surface area (Å²) in [6.07, 6.45) is 1.03. The van der Waals surface area contributed by atoms with Gasteiger partial charge in [-0.1, -0.05) is 23.7 Å². The number of methoxy groups -OCH3 is 2. The molecule has 0 aliphatic carbocycles. The molecule has 1 N–H and O–H groups in total. The summed E-state index contributed by atoms with van der Waals surface area (Å²) < 4.78 is 48.7. The average Bonchev–Trinajstić information content (AvgIpc) is 2.75. The van der Waals surface area contributed by atoms with Crippen LogP contribution in [0.4, 0.5) is 10.1 Å². The van der Waals surface area contributed by atoms with E-state index < -0.39 is 32.5 Å². The van der Waals surface area contributed by atoms with Crippen molar-refractivity contribution in [2.45, 2.75) is 10.9 Å². The van der Waals surface area contributed by atoms with E-state index in [1.807, 2.05) is 0 Å². The molecule has 3 aromatic rings. The number of aromatic nitrogens is 2. The summed E-state index contributed by atoms with van der Waals surface area (Å²) in [5, 5.41) is 1.86. The van der Waals surface area contributed by atoms with Crippen LogP contribution in [0, 0.1) is 5.82 Å². The minimum atomic E-state index is -4.02. The number of rotatable bonds is 7. The van der Waals surface area contributed by atoms with E-state index in [1.54, 1.807) is 18.2 Å². The predicted molar refractivity (Wildman–Crippen MR) is 112 cm³/mol. The minimum Gasteiger partial charge on any atom is -0.497 e. The lowest BCUT2D eigenvalue weighted by Gasteiger charge is -2.12. The second-order valence-electron chi connectivity index (χ2n) is 6.26. The molecule has 1 amide bonds. The molecule has 0 spiro atoms. The van der Waals surface area contributed by atoms with E-state index in [9.17, 15) is 17.6 Å². The number of amides is 1. The van der Waals surface area contributed by atoms with E-state index in [-0.39, 0.29) is 10.7 Å². The first-order chi connectivity index (χ1) is 14.7. The van der Waals surface area contributed by atoms with Crippen LogP contribution in [-0.4, -0.2) is 38.5 Å². The van der Waals surface area contributed by atoms with Crippen LogP contribution in [-0.2, 0) is 15.6 Å². The van der Waals surface area contributed by atoms with Gasteiger partial charge in [0.1, 0.15) is 17.3 Å². The molecule has 0 atom stereocenters. The molecule has 3 rings (SSSR count). The molecule has 0 radical (unpaired) electrons. The van der Waals surface area contributed by atoms with E-state index in [4.69, 9.17) is 21.1 Å². The molecule has 0 aliphatic rings. The second-order valence-corrected chi connectivity index (χ2v) is 8.55. The summed E-state index contributed by atoms with van der Waals surface area (Å²) in [5.41, 5.74) is 0.319. The SMILES string of the molecule is COc1ccc(NC(=O)c2nc(S(=O)(=O)Cc3ccc(F)cc3)ncc2Cl)c(OC)c1. The fourth-order valence-electron chi connectivity index (χ4n) is 2.61. The smallest absolute Gasteiger partial charge is 0.276 e. The number of ether oxygens (including phenoxy) is 2. The summed E-state index contributed by atoms with van der Waals surface area (Å²) >= 11 is 6.03. The summed E-state index contributed by atoms with van der Waals surface area (Å²) in [4.78, 5) is 20.3. The third kappa shape index (κ3) is 5.28. The Kier molecular flexibility index (Phi) is 6.71. The Bertz CT molecular complexity index is 1220. The molecule has 0 fully saturated rings. The van der Waals surface area contributed by atoms with Crippen LogP contribution in [0.1, 0.15) is 16.1 Å². The fourth-order valence-corrected chi connectivity index (χ4v) is 3.99. The molecule has 0 aliphatic heterocycles. The van der Waals surface area contributed by atoms with E-state index in [0.29, 0.717) is 22.7 Å². The maximum Gasteiger partial charge on any atom is 0.276 e. The van der Waals surface area contributed by atoms with Gasteiger partial charge in [0, 0.05) is 6.07 Å². The molecular formula is C20H17ClFN3O5S. The Labute approximate surface area is 182 Å². The van der Waals surface area contributed by atoms with Crippen LogP contribution in [0.3, 0.4) is 0 Å². The molecule has 1 aromatic heterocycles. The highest BCUT2D eigenvalue weighted by Crippen LogP contribution is 2.30. The van der Waals surface area contributed by atoms with Gasteiger partial charge >= 0.3 is 0 Å². The zero-order chi connectivity index (χ0) is 22.6. The number of benzene rings is 2. The highest BCUT2D eigenvalue weighted by molar-refractivity contribution is 7.90. The largest absolute Gasteiger partial charge is 0.497 e. The molecule has 0 bridgehead atoms. The van der Waals surface area contributed by atoms with Crippen molar-refractivity contribution in [3.8, 4) is 11.5 Å². The van der Waals surface area contributed by atoms with Crippen LogP contribution < -0.4 is 14.8 Å². The molecule has 8 nitrogen and oxygen atoms in total. The average molecular weight is 466 g/mol. The zero-order valence-corrected chi connectivity index (χ0v) is 18.0. The molecule has 2 aromatic carbocycles. The monoisotopic (exact) mass is 465 g/mol. The van der Waals surface area contributed by atoms with Gasteiger partial charge in [-0.2, -0.15) is 0 Å². The third-order valence-corrected chi connectivity index (χ3v) is 5.89. The van der Waals surface area contributed by atoms with Crippen LogP contribution in [0.25, 0.3) is 0 Å². The van der Waals surface area contributed by atoms with Gasteiger partial charge in [0.05, 0.1) is 36.9 Å². The van der Waals surface area contributed by atoms with Gasteiger partial charge in [0.25, 0.3) is 5.91 Å².